The number of benzene rings is 1. The lowest BCUT2D eigenvalue weighted by molar-refractivity contribution is -0.0360. The fourth-order valence-electron chi connectivity index (χ4n) is 5.45. The van der Waals surface area contributed by atoms with E-state index in [1.165, 1.54) is 11.7 Å². The molecule has 0 aliphatic carbocycles. The Morgan fingerprint density at radius 1 is 0.714 bits per heavy atom. The van der Waals surface area contributed by atoms with Gasteiger partial charge in [-0.2, -0.15) is 8.75 Å². The molecule has 6 rings (SSSR count). The van der Waals surface area contributed by atoms with Crippen LogP contribution in [0.3, 0.4) is 0 Å². The third-order valence-electron chi connectivity index (χ3n) is 7.66. The lowest BCUT2D eigenvalue weighted by Gasteiger charge is -2.29. The average Bonchev–Trinajstić information content (AvgIpc) is 3.62. The molecule has 3 aromatic heterocycles. The van der Waals surface area contributed by atoms with Crippen LogP contribution in [0.4, 0.5) is 0 Å². The van der Waals surface area contributed by atoms with E-state index in [-0.39, 0.29) is 26.4 Å². The van der Waals surface area contributed by atoms with Crippen molar-refractivity contribution >= 4 is 45.4 Å². The Kier molecular flexibility index (Phi) is 8.35. The number of thiophene rings is 2. The Balaban J connectivity index is 1.50. The molecule has 0 amide bonds. The number of hydrogen-bond acceptors (Lipinski definition) is 13. The van der Waals surface area contributed by atoms with E-state index in [2.05, 4.69) is 20.9 Å². The first-order valence-electron chi connectivity index (χ1n) is 13.5. The van der Waals surface area contributed by atoms with Crippen LogP contribution >= 0.6 is 34.4 Å². The van der Waals surface area contributed by atoms with Crippen molar-refractivity contribution in [3.63, 3.8) is 0 Å². The van der Waals surface area contributed by atoms with Crippen molar-refractivity contribution in [1.29, 1.82) is 0 Å². The molecule has 0 fully saturated rings. The molecule has 0 spiro atoms. The first-order chi connectivity index (χ1) is 20.4. The summed E-state index contributed by atoms with van der Waals surface area (Å²) in [5, 5.41) is 10.4. The summed E-state index contributed by atoms with van der Waals surface area (Å²) in [6, 6.07) is 4.11. The van der Waals surface area contributed by atoms with Gasteiger partial charge in [-0.05, 0) is 19.4 Å². The standard InChI is InChI=1S/C29H34N2O8S3/c1-16-6-7-18(20-19(16)30-42-31-20)25-23-24(38-13-28(8-32,9-33-3)12-37-23)27(41-25)26-22-21(17(2)40-26)36-14-29(10-34-4,11-35-5)15-39-22/h6-7,32H,8-15H2,1-5H3. The zero-order valence-corrected chi connectivity index (χ0v) is 26.7. The third-order valence-corrected chi connectivity index (χ3v) is 10.6. The molecule has 10 nitrogen and oxygen atoms in total. The van der Waals surface area contributed by atoms with Crippen molar-refractivity contribution in [2.24, 2.45) is 10.8 Å². The van der Waals surface area contributed by atoms with Gasteiger partial charge in [0, 0.05) is 31.8 Å². The molecule has 0 saturated carbocycles. The van der Waals surface area contributed by atoms with Crippen LogP contribution in [0.1, 0.15) is 10.4 Å². The minimum Gasteiger partial charge on any atom is -0.488 e. The number of aliphatic hydroxyl groups excluding tert-OH is 1. The van der Waals surface area contributed by atoms with Crippen LogP contribution in [-0.2, 0) is 14.2 Å². The molecule has 1 N–H and O–H groups in total. The largest absolute Gasteiger partial charge is 0.488 e. The number of hydrogen-bond donors (Lipinski definition) is 1. The molecule has 1 unspecified atom stereocenters. The van der Waals surface area contributed by atoms with Gasteiger partial charge in [0.25, 0.3) is 0 Å². The summed E-state index contributed by atoms with van der Waals surface area (Å²) in [4.78, 5) is 3.64. The number of fused-ring (bicyclic) bond motifs is 3. The summed E-state index contributed by atoms with van der Waals surface area (Å²) in [6.45, 7) is 6.31. The molecular formula is C29H34N2O8S3. The second kappa shape index (κ2) is 11.9. The molecule has 42 heavy (non-hydrogen) atoms. The van der Waals surface area contributed by atoms with E-state index >= 15 is 0 Å². The Morgan fingerprint density at radius 3 is 1.88 bits per heavy atom. The number of nitrogens with zero attached hydrogens (tertiary/aromatic N) is 2. The van der Waals surface area contributed by atoms with Crippen LogP contribution in [0.15, 0.2) is 12.1 Å². The zero-order chi connectivity index (χ0) is 29.5. The van der Waals surface area contributed by atoms with Gasteiger partial charge in [-0.25, -0.2) is 0 Å². The molecule has 2 aliphatic heterocycles. The van der Waals surface area contributed by atoms with Crippen molar-refractivity contribution in [2.45, 2.75) is 13.8 Å². The molecule has 4 aromatic rings. The zero-order valence-electron chi connectivity index (χ0n) is 24.2. The Bertz CT molecular complexity index is 1570. The Morgan fingerprint density at radius 2 is 1.24 bits per heavy atom. The van der Waals surface area contributed by atoms with Crippen molar-refractivity contribution < 1.29 is 38.3 Å². The van der Waals surface area contributed by atoms with Crippen LogP contribution in [-0.4, -0.2) is 88.0 Å². The van der Waals surface area contributed by atoms with Gasteiger partial charge in [-0.3, -0.25) is 0 Å². The van der Waals surface area contributed by atoms with Gasteiger partial charge in [0.05, 0.1) is 63.6 Å². The monoisotopic (exact) mass is 634 g/mol. The van der Waals surface area contributed by atoms with E-state index in [0.29, 0.717) is 49.4 Å². The highest BCUT2D eigenvalue weighted by Gasteiger charge is 2.41. The van der Waals surface area contributed by atoms with Crippen molar-refractivity contribution in [2.75, 3.05) is 74.2 Å². The van der Waals surface area contributed by atoms with Gasteiger partial charge < -0.3 is 38.3 Å². The van der Waals surface area contributed by atoms with E-state index in [4.69, 9.17) is 33.2 Å². The number of ether oxygens (including phenoxy) is 7. The second-order valence-corrected chi connectivity index (χ2v) is 13.8. The first-order valence-corrected chi connectivity index (χ1v) is 15.9. The average molecular weight is 635 g/mol. The molecule has 0 bridgehead atoms. The topological polar surface area (TPSA) is 111 Å². The molecule has 5 heterocycles. The number of methoxy groups -OCH3 is 3. The predicted molar refractivity (Wildman–Crippen MR) is 163 cm³/mol. The fraction of sp³-hybridized carbons (Fsp3) is 0.517. The summed E-state index contributed by atoms with van der Waals surface area (Å²) in [5.74, 6) is 2.61. The highest BCUT2D eigenvalue weighted by Crippen LogP contribution is 2.60. The maximum absolute atomic E-state index is 10.4. The summed E-state index contributed by atoms with van der Waals surface area (Å²) < 4.78 is 51.7. The van der Waals surface area contributed by atoms with E-state index in [9.17, 15) is 5.11 Å². The van der Waals surface area contributed by atoms with Gasteiger partial charge in [-0.1, -0.05) is 12.1 Å². The molecule has 1 aromatic carbocycles. The van der Waals surface area contributed by atoms with Crippen LogP contribution in [0.5, 0.6) is 23.0 Å². The fourth-order valence-corrected chi connectivity index (χ4v) is 8.45. The van der Waals surface area contributed by atoms with E-state index in [1.807, 2.05) is 13.8 Å². The number of aromatic nitrogens is 2. The molecule has 2 aliphatic rings. The predicted octanol–water partition coefficient (Wildman–Crippen LogP) is 5.21. The smallest absolute Gasteiger partial charge is 0.181 e. The molecule has 13 heteroatoms. The van der Waals surface area contributed by atoms with Crippen molar-refractivity contribution in [3.8, 4) is 43.2 Å². The third kappa shape index (κ3) is 5.04. The number of aliphatic hydroxyl groups is 1. The maximum Gasteiger partial charge on any atom is 0.181 e. The SMILES string of the molecule is COCC1(COC)COc2c(C)sc(-c3sc(-c4ccc(C)c5nsnc45)c4c3OCC(CO)(COC)CO4)c2OC1. The quantitative estimate of drug-likeness (QED) is 0.263. The van der Waals surface area contributed by atoms with Crippen molar-refractivity contribution in [1.82, 2.24) is 8.75 Å². The van der Waals surface area contributed by atoms with E-state index in [0.717, 1.165) is 41.7 Å². The van der Waals surface area contributed by atoms with Crippen LogP contribution < -0.4 is 18.9 Å². The van der Waals surface area contributed by atoms with E-state index < -0.39 is 10.8 Å². The highest BCUT2D eigenvalue weighted by atomic mass is 32.1. The summed E-state index contributed by atoms with van der Waals surface area (Å²) in [5.41, 5.74) is 2.49. The Hall–Kier alpha value is -2.52. The van der Waals surface area contributed by atoms with Gasteiger partial charge >= 0.3 is 0 Å². The number of rotatable bonds is 9. The van der Waals surface area contributed by atoms with Gasteiger partial charge in [0.15, 0.2) is 23.0 Å². The van der Waals surface area contributed by atoms with Crippen LogP contribution in [0, 0.1) is 24.7 Å². The van der Waals surface area contributed by atoms with Gasteiger partial charge in [0.1, 0.15) is 37.5 Å². The maximum atomic E-state index is 10.4. The molecule has 1 atom stereocenters. The minimum atomic E-state index is -0.716. The van der Waals surface area contributed by atoms with E-state index in [1.54, 1.807) is 44.0 Å². The van der Waals surface area contributed by atoms with Crippen molar-refractivity contribution in [3.05, 3.63) is 22.6 Å². The first kappa shape index (κ1) is 29.5. The van der Waals surface area contributed by atoms with Crippen LogP contribution in [0.25, 0.3) is 31.2 Å². The minimum absolute atomic E-state index is 0.143. The molecular weight excluding hydrogens is 601 g/mol. The molecule has 0 saturated heterocycles. The summed E-state index contributed by atoms with van der Waals surface area (Å²) >= 11 is 4.35. The molecule has 226 valence electrons. The lowest BCUT2D eigenvalue weighted by atomic mass is 9.92. The Labute approximate surface area is 256 Å². The van der Waals surface area contributed by atoms with Crippen LogP contribution in [0.2, 0.25) is 0 Å². The number of aryl methyl sites for hydroxylation is 2. The summed E-state index contributed by atoms with van der Waals surface area (Å²) in [6.07, 6.45) is 0. The second-order valence-electron chi connectivity index (χ2n) is 11.1. The van der Waals surface area contributed by atoms with Gasteiger partial charge in [-0.15, -0.1) is 22.7 Å². The van der Waals surface area contributed by atoms with Gasteiger partial charge in [0.2, 0.25) is 0 Å². The highest BCUT2D eigenvalue weighted by molar-refractivity contribution is 7.25. The normalized spacial score (nSPS) is 19.6. The molecule has 0 radical (unpaired) electrons. The summed E-state index contributed by atoms with van der Waals surface area (Å²) in [7, 11) is 4.95. The lowest BCUT2D eigenvalue weighted by Crippen LogP contribution is -2.42.